The molecule has 35 heavy (non-hydrogen) atoms. The fraction of sp³-hybridized carbons (Fsp3) is 0.448. The maximum absolute atomic E-state index is 13.5. The third kappa shape index (κ3) is 5.93. The van der Waals surface area contributed by atoms with Crippen molar-refractivity contribution in [1.82, 2.24) is 19.6 Å². The first-order valence-electron chi connectivity index (χ1n) is 12.5. The van der Waals surface area contributed by atoms with Gasteiger partial charge >= 0.3 is 0 Å². The molecule has 0 saturated carbocycles. The zero-order valence-corrected chi connectivity index (χ0v) is 21.7. The molecule has 0 unspecified atom stereocenters. The summed E-state index contributed by atoms with van der Waals surface area (Å²) in [5.41, 5.74) is 5.28. The van der Waals surface area contributed by atoms with Gasteiger partial charge in [-0.15, -0.1) is 0 Å². The molecule has 4 rings (SSSR count). The molecule has 1 fully saturated rings. The number of nitrogens with zero attached hydrogens (tertiary/aromatic N) is 4. The molecule has 0 N–H and O–H groups in total. The maximum atomic E-state index is 13.5. The number of likely N-dealkylation sites (tertiary alicyclic amines) is 1. The quantitative estimate of drug-likeness (QED) is 0.477. The molecule has 6 nitrogen and oxygen atoms in total. The summed E-state index contributed by atoms with van der Waals surface area (Å²) in [6.45, 7) is 7.04. The Balaban J connectivity index is 1.46. The molecule has 186 valence electrons. The van der Waals surface area contributed by atoms with Crippen LogP contribution in [0.25, 0.3) is 0 Å². The molecule has 0 spiro atoms. The summed E-state index contributed by atoms with van der Waals surface area (Å²) in [6.07, 6.45) is 3.02. The molecule has 1 amide bonds. The van der Waals surface area contributed by atoms with Crippen molar-refractivity contribution in [2.24, 2.45) is 13.0 Å². The summed E-state index contributed by atoms with van der Waals surface area (Å²) in [4.78, 5) is 18.0. The van der Waals surface area contributed by atoms with E-state index in [9.17, 15) is 4.79 Å². The summed E-state index contributed by atoms with van der Waals surface area (Å²) in [5.74, 6) is 1.44. The van der Waals surface area contributed by atoms with Crippen molar-refractivity contribution in [3.05, 3.63) is 82.7 Å². The lowest BCUT2D eigenvalue weighted by atomic mass is 9.84. The minimum Gasteiger partial charge on any atom is -0.496 e. The van der Waals surface area contributed by atoms with Crippen molar-refractivity contribution in [1.29, 1.82) is 0 Å². The minimum absolute atomic E-state index is 0.0465. The number of benzene rings is 2. The van der Waals surface area contributed by atoms with Gasteiger partial charge in [0.05, 0.1) is 12.8 Å². The van der Waals surface area contributed by atoms with Crippen molar-refractivity contribution < 1.29 is 9.53 Å². The number of aromatic nitrogens is 2. The Morgan fingerprint density at radius 2 is 1.80 bits per heavy atom. The number of aryl methyl sites for hydroxylation is 3. The monoisotopic (exact) mass is 474 g/mol. The van der Waals surface area contributed by atoms with Crippen LogP contribution in [-0.2, 0) is 20.0 Å². The van der Waals surface area contributed by atoms with E-state index in [2.05, 4.69) is 59.4 Å². The molecule has 1 aliphatic rings. The van der Waals surface area contributed by atoms with E-state index in [0.717, 1.165) is 50.3 Å². The second kappa shape index (κ2) is 11.1. The van der Waals surface area contributed by atoms with Crippen molar-refractivity contribution in [2.45, 2.75) is 45.7 Å². The molecule has 1 saturated heterocycles. The third-order valence-electron chi connectivity index (χ3n) is 7.37. The van der Waals surface area contributed by atoms with Gasteiger partial charge in [0.25, 0.3) is 5.91 Å². The largest absolute Gasteiger partial charge is 0.496 e. The predicted octanol–water partition coefficient (Wildman–Crippen LogP) is 4.64. The second-order valence-electron chi connectivity index (χ2n) is 9.89. The molecule has 3 aromatic rings. The van der Waals surface area contributed by atoms with Crippen LogP contribution in [0.2, 0.25) is 0 Å². The summed E-state index contributed by atoms with van der Waals surface area (Å²) in [6, 6.07) is 19.0. The van der Waals surface area contributed by atoms with E-state index in [1.165, 1.54) is 16.7 Å². The number of piperidine rings is 1. The molecule has 1 aromatic heterocycles. The van der Waals surface area contributed by atoms with Gasteiger partial charge in [0.1, 0.15) is 11.4 Å². The summed E-state index contributed by atoms with van der Waals surface area (Å²) in [7, 11) is 5.53. The van der Waals surface area contributed by atoms with E-state index in [1.807, 2.05) is 38.1 Å². The zero-order valence-electron chi connectivity index (χ0n) is 21.7. The number of likely N-dealkylation sites (N-methyl/N-ethyl adjacent to an activating group) is 1. The Morgan fingerprint density at radius 3 is 2.40 bits per heavy atom. The highest BCUT2D eigenvalue weighted by Gasteiger charge is 2.33. The average Bonchev–Trinajstić information content (AvgIpc) is 3.20. The van der Waals surface area contributed by atoms with E-state index in [0.29, 0.717) is 11.6 Å². The average molecular weight is 475 g/mol. The summed E-state index contributed by atoms with van der Waals surface area (Å²) >= 11 is 0. The van der Waals surface area contributed by atoms with E-state index in [-0.39, 0.29) is 11.9 Å². The molecular formula is C29H38N4O2. The number of hydrogen-bond acceptors (Lipinski definition) is 4. The first kappa shape index (κ1) is 25.0. The van der Waals surface area contributed by atoms with Crippen LogP contribution in [0, 0.1) is 19.8 Å². The molecule has 0 radical (unpaired) electrons. The number of rotatable bonds is 8. The van der Waals surface area contributed by atoms with E-state index in [4.69, 9.17) is 4.74 Å². The standard InChI is InChI=1S/C29H38N4O2/c1-21-17-24(11-12-28(21)35-5)20-33-15-13-25(14-16-33)26(19-23-9-7-6-8-10-23)31(3)29(34)27-18-22(2)30-32(27)4/h6-12,17-18,25-26H,13-16,19-20H2,1-5H3/t26-/m0/s1. The van der Waals surface area contributed by atoms with Crippen LogP contribution in [0.15, 0.2) is 54.6 Å². The van der Waals surface area contributed by atoms with Gasteiger partial charge in [-0.05, 0) is 80.9 Å². The van der Waals surface area contributed by atoms with Crippen LogP contribution in [0.1, 0.15) is 45.7 Å². The Labute approximate surface area is 209 Å². The van der Waals surface area contributed by atoms with E-state index >= 15 is 0 Å². The van der Waals surface area contributed by atoms with Gasteiger partial charge in [-0.1, -0.05) is 42.5 Å². The Kier molecular flexibility index (Phi) is 7.91. The fourth-order valence-electron chi connectivity index (χ4n) is 5.41. The van der Waals surface area contributed by atoms with E-state index < -0.39 is 0 Å². The highest BCUT2D eigenvalue weighted by atomic mass is 16.5. The molecule has 1 aliphatic heterocycles. The van der Waals surface area contributed by atoms with Gasteiger partial charge in [-0.25, -0.2) is 0 Å². The van der Waals surface area contributed by atoms with Crippen LogP contribution in [0.5, 0.6) is 5.75 Å². The number of hydrogen-bond donors (Lipinski definition) is 0. The molecule has 0 bridgehead atoms. The van der Waals surface area contributed by atoms with Gasteiger partial charge in [0, 0.05) is 26.7 Å². The lowest BCUT2D eigenvalue weighted by Gasteiger charge is -2.40. The van der Waals surface area contributed by atoms with Gasteiger partial charge in [0.2, 0.25) is 0 Å². The highest BCUT2D eigenvalue weighted by molar-refractivity contribution is 5.92. The van der Waals surface area contributed by atoms with Gasteiger partial charge in [-0.2, -0.15) is 5.10 Å². The normalized spacial score (nSPS) is 15.7. The number of carbonyl (C=O) groups is 1. The molecular weight excluding hydrogens is 436 g/mol. The Bertz CT molecular complexity index is 1130. The molecule has 0 aliphatic carbocycles. The van der Waals surface area contributed by atoms with Gasteiger partial charge < -0.3 is 9.64 Å². The van der Waals surface area contributed by atoms with Gasteiger partial charge in [0.15, 0.2) is 0 Å². The first-order chi connectivity index (χ1) is 16.9. The Hall–Kier alpha value is -3.12. The number of methoxy groups -OCH3 is 1. The lowest BCUT2D eigenvalue weighted by molar-refractivity contribution is 0.0575. The maximum Gasteiger partial charge on any atom is 0.272 e. The number of amides is 1. The molecule has 2 aromatic carbocycles. The van der Waals surface area contributed by atoms with Crippen LogP contribution < -0.4 is 4.74 Å². The van der Waals surface area contributed by atoms with Crippen molar-refractivity contribution in [2.75, 3.05) is 27.2 Å². The summed E-state index contributed by atoms with van der Waals surface area (Å²) in [5, 5.41) is 4.39. The highest BCUT2D eigenvalue weighted by Crippen LogP contribution is 2.29. The number of carbonyl (C=O) groups excluding carboxylic acids is 1. The van der Waals surface area contributed by atoms with Crippen molar-refractivity contribution in [3.63, 3.8) is 0 Å². The topological polar surface area (TPSA) is 50.6 Å². The summed E-state index contributed by atoms with van der Waals surface area (Å²) < 4.78 is 7.11. The van der Waals surface area contributed by atoms with Crippen molar-refractivity contribution in [3.8, 4) is 5.75 Å². The predicted molar refractivity (Wildman–Crippen MR) is 140 cm³/mol. The molecule has 6 heteroatoms. The molecule has 2 heterocycles. The van der Waals surface area contributed by atoms with Crippen LogP contribution in [0.4, 0.5) is 0 Å². The third-order valence-corrected chi connectivity index (χ3v) is 7.37. The van der Waals surface area contributed by atoms with Crippen LogP contribution in [0.3, 0.4) is 0 Å². The minimum atomic E-state index is 0.0465. The van der Waals surface area contributed by atoms with Crippen molar-refractivity contribution >= 4 is 5.91 Å². The zero-order chi connectivity index (χ0) is 24.9. The first-order valence-corrected chi connectivity index (χ1v) is 12.5. The Morgan fingerprint density at radius 1 is 1.09 bits per heavy atom. The smallest absolute Gasteiger partial charge is 0.272 e. The lowest BCUT2D eigenvalue weighted by Crippen LogP contribution is -2.47. The van der Waals surface area contributed by atoms with Crippen LogP contribution in [-0.4, -0.2) is 58.8 Å². The van der Waals surface area contributed by atoms with E-state index in [1.54, 1.807) is 11.8 Å². The molecule has 1 atom stereocenters. The number of ether oxygens (including phenoxy) is 1. The van der Waals surface area contributed by atoms with Crippen LogP contribution >= 0.6 is 0 Å². The van der Waals surface area contributed by atoms with Gasteiger partial charge in [-0.3, -0.25) is 14.4 Å². The fourth-order valence-corrected chi connectivity index (χ4v) is 5.41. The SMILES string of the molecule is COc1ccc(CN2CCC([C@H](Cc3ccccc3)N(C)C(=O)c3cc(C)nn3C)CC2)cc1C. The second-order valence-corrected chi connectivity index (χ2v) is 9.89.